The molecule has 0 bridgehead atoms. The van der Waals surface area contributed by atoms with Crippen molar-refractivity contribution in [3.8, 4) is 5.75 Å². The molecule has 0 aliphatic rings. The van der Waals surface area contributed by atoms with E-state index in [9.17, 15) is 14.7 Å². The van der Waals surface area contributed by atoms with Crippen LogP contribution in [0, 0.1) is 0 Å². The van der Waals surface area contributed by atoms with E-state index in [4.69, 9.17) is 4.74 Å². The summed E-state index contributed by atoms with van der Waals surface area (Å²) in [4.78, 5) is 22.9. The topological polar surface area (TPSA) is 75.6 Å². The Kier molecular flexibility index (Phi) is 8.72. The lowest BCUT2D eigenvalue weighted by atomic mass is 10.0. The van der Waals surface area contributed by atoms with Gasteiger partial charge in [-0.25, -0.2) is 4.79 Å². The lowest BCUT2D eigenvalue weighted by molar-refractivity contribution is 0.0978. The van der Waals surface area contributed by atoms with Crippen LogP contribution >= 0.6 is 0 Å². The van der Waals surface area contributed by atoms with Crippen LogP contribution in [0.1, 0.15) is 55.8 Å². The van der Waals surface area contributed by atoms with Crippen molar-refractivity contribution in [2.75, 3.05) is 13.2 Å². The van der Waals surface area contributed by atoms with Gasteiger partial charge < -0.3 is 15.2 Å². The fourth-order valence-electron chi connectivity index (χ4n) is 2.14. The summed E-state index contributed by atoms with van der Waals surface area (Å²) in [6.07, 6.45) is 4.96. The molecular weight excluding hydrogens is 282 g/mol. The van der Waals surface area contributed by atoms with Gasteiger partial charge >= 0.3 is 6.09 Å². The average Bonchev–Trinajstić information content (AvgIpc) is 2.50. The van der Waals surface area contributed by atoms with Crippen LogP contribution in [0.4, 0.5) is 4.79 Å². The van der Waals surface area contributed by atoms with E-state index >= 15 is 0 Å². The number of unbranched alkanes of at least 4 members (excludes halogenated alkanes) is 4. The van der Waals surface area contributed by atoms with Crippen LogP contribution in [0.2, 0.25) is 0 Å². The number of aromatic hydroxyl groups is 1. The molecular formula is C17H25NO4. The molecule has 1 amide bonds. The third-order valence-electron chi connectivity index (χ3n) is 3.29. The summed E-state index contributed by atoms with van der Waals surface area (Å²) in [5, 5.41) is 12.0. The number of benzene rings is 1. The number of ketones is 1. The first-order chi connectivity index (χ1) is 10.6. The number of nitrogens with one attached hydrogen (secondary N) is 1. The molecule has 122 valence electrons. The highest BCUT2D eigenvalue weighted by Crippen LogP contribution is 2.14. The molecule has 2 N–H and O–H groups in total. The Hall–Kier alpha value is -2.04. The fourth-order valence-corrected chi connectivity index (χ4v) is 2.14. The predicted molar refractivity (Wildman–Crippen MR) is 85.2 cm³/mol. The Morgan fingerprint density at radius 3 is 2.59 bits per heavy atom. The van der Waals surface area contributed by atoms with Crippen LogP contribution in [0.5, 0.6) is 5.75 Å². The Morgan fingerprint density at radius 1 is 1.14 bits per heavy atom. The number of amides is 1. The first-order valence-electron chi connectivity index (χ1n) is 7.86. The van der Waals surface area contributed by atoms with Crippen molar-refractivity contribution >= 4 is 11.9 Å². The van der Waals surface area contributed by atoms with Crippen molar-refractivity contribution in [1.29, 1.82) is 0 Å². The molecule has 0 aromatic heterocycles. The third kappa shape index (κ3) is 7.67. The lowest BCUT2D eigenvalue weighted by Gasteiger charge is -2.05. The molecule has 1 rings (SSSR count). The molecule has 22 heavy (non-hydrogen) atoms. The second-order valence-corrected chi connectivity index (χ2v) is 5.14. The molecule has 0 aliphatic carbocycles. The van der Waals surface area contributed by atoms with E-state index in [1.54, 1.807) is 25.1 Å². The first kappa shape index (κ1) is 18.0. The number of phenolic OH excluding ortho intramolecular Hbond substituents is 1. The predicted octanol–water partition coefficient (Wildman–Crippen LogP) is 3.66. The number of alkyl carbamates (subject to hydrolysis) is 1. The van der Waals surface area contributed by atoms with Gasteiger partial charge in [0.05, 0.1) is 6.61 Å². The molecule has 5 nitrogen and oxygen atoms in total. The number of carbonyl (C=O) groups excluding carboxylic acids is 2. The summed E-state index contributed by atoms with van der Waals surface area (Å²) < 4.78 is 4.76. The quantitative estimate of drug-likeness (QED) is 0.511. The van der Waals surface area contributed by atoms with Crippen molar-refractivity contribution in [2.24, 2.45) is 0 Å². The molecule has 0 radical (unpaired) electrons. The summed E-state index contributed by atoms with van der Waals surface area (Å²) in [7, 11) is 0. The van der Waals surface area contributed by atoms with Gasteiger partial charge in [0, 0.05) is 18.5 Å². The Labute approximate surface area is 131 Å². The van der Waals surface area contributed by atoms with E-state index in [-0.39, 0.29) is 17.6 Å². The minimum Gasteiger partial charge on any atom is -0.508 e. The molecule has 1 aromatic carbocycles. The van der Waals surface area contributed by atoms with E-state index in [0.29, 0.717) is 25.1 Å². The molecule has 5 heteroatoms. The van der Waals surface area contributed by atoms with E-state index in [1.807, 2.05) is 0 Å². The second-order valence-electron chi connectivity index (χ2n) is 5.14. The highest BCUT2D eigenvalue weighted by molar-refractivity contribution is 5.96. The monoisotopic (exact) mass is 307 g/mol. The number of carbonyl (C=O) groups is 2. The molecule has 0 heterocycles. The second kappa shape index (κ2) is 10.7. The molecule has 0 fully saturated rings. The number of phenols is 1. The maximum Gasteiger partial charge on any atom is 0.407 e. The van der Waals surface area contributed by atoms with Crippen molar-refractivity contribution in [2.45, 2.75) is 45.4 Å². The number of Topliss-reactive ketones (excluding diaryl/α,β-unsaturated/α-hetero) is 1. The Bertz CT molecular complexity index is 473. The number of rotatable bonds is 10. The maximum atomic E-state index is 11.9. The van der Waals surface area contributed by atoms with Gasteiger partial charge in [-0.3, -0.25) is 4.79 Å². The third-order valence-corrected chi connectivity index (χ3v) is 3.29. The Morgan fingerprint density at radius 2 is 1.86 bits per heavy atom. The molecule has 0 saturated heterocycles. The van der Waals surface area contributed by atoms with E-state index in [2.05, 4.69) is 5.32 Å². The largest absolute Gasteiger partial charge is 0.508 e. The first-order valence-corrected chi connectivity index (χ1v) is 7.86. The van der Waals surface area contributed by atoms with Crippen LogP contribution in [0.15, 0.2) is 24.3 Å². The minimum absolute atomic E-state index is 0.0693. The summed E-state index contributed by atoms with van der Waals surface area (Å²) in [6.45, 7) is 2.79. The molecule has 0 atom stereocenters. The van der Waals surface area contributed by atoms with Gasteiger partial charge in [-0.2, -0.15) is 0 Å². The van der Waals surface area contributed by atoms with Crippen molar-refractivity contribution in [3.05, 3.63) is 29.8 Å². The number of ether oxygens (including phenoxy) is 1. The summed E-state index contributed by atoms with van der Waals surface area (Å²) in [6, 6.07) is 6.46. The van der Waals surface area contributed by atoms with Gasteiger partial charge in [0.1, 0.15) is 5.75 Å². The van der Waals surface area contributed by atoms with Crippen LogP contribution < -0.4 is 5.32 Å². The van der Waals surface area contributed by atoms with Crippen molar-refractivity contribution in [1.82, 2.24) is 5.32 Å². The van der Waals surface area contributed by atoms with E-state index < -0.39 is 0 Å². The van der Waals surface area contributed by atoms with Gasteiger partial charge in [0.2, 0.25) is 0 Å². The molecule has 0 aliphatic heterocycles. The fraction of sp³-hybridized carbons (Fsp3) is 0.529. The molecule has 1 aromatic rings. The smallest absolute Gasteiger partial charge is 0.407 e. The zero-order valence-corrected chi connectivity index (χ0v) is 13.1. The van der Waals surface area contributed by atoms with Gasteiger partial charge in [-0.15, -0.1) is 0 Å². The van der Waals surface area contributed by atoms with Crippen LogP contribution in [-0.4, -0.2) is 30.1 Å². The van der Waals surface area contributed by atoms with Gasteiger partial charge in [0.15, 0.2) is 5.78 Å². The van der Waals surface area contributed by atoms with Crippen LogP contribution in [0.3, 0.4) is 0 Å². The standard InChI is InChI=1S/C17H25NO4/c1-2-22-17(21)18-12-7-5-3-4-6-11-16(20)14-9-8-10-15(19)13-14/h8-10,13,19H,2-7,11-12H2,1H3,(H,18,21). The Balaban J connectivity index is 2.01. The highest BCUT2D eigenvalue weighted by Gasteiger charge is 2.06. The summed E-state index contributed by atoms with van der Waals surface area (Å²) >= 11 is 0. The molecule has 0 unspecified atom stereocenters. The van der Waals surface area contributed by atoms with Crippen LogP contribution in [0.25, 0.3) is 0 Å². The summed E-state index contributed by atoms with van der Waals surface area (Å²) in [5.41, 5.74) is 0.568. The number of hydrogen-bond donors (Lipinski definition) is 2. The lowest BCUT2D eigenvalue weighted by Crippen LogP contribution is -2.25. The van der Waals surface area contributed by atoms with E-state index in [1.165, 1.54) is 6.07 Å². The SMILES string of the molecule is CCOC(=O)NCCCCCCCC(=O)c1cccc(O)c1. The zero-order valence-electron chi connectivity index (χ0n) is 13.1. The van der Waals surface area contributed by atoms with E-state index in [0.717, 1.165) is 32.1 Å². The van der Waals surface area contributed by atoms with Crippen LogP contribution in [-0.2, 0) is 4.74 Å². The van der Waals surface area contributed by atoms with Gasteiger partial charge in [0.25, 0.3) is 0 Å². The van der Waals surface area contributed by atoms with Gasteiger partial charge in [-0.05, 0) is 31.9 Å². The molecule has 0 spiro atoms. The average molecular weight is 307 g/mol. The highest BCUT2D eigenvalue weighted by atomic mass is 16.5. The summed E-state index contributed by atoms with van der Waals surface area (Å²) in [5.74, 6) is 0.194. The number of hydrogen-bond acceptors (Lipinski definition) is 4. The van der Waals surface area contributed by atoms with Gasteiger partial charge in [-0.1, -0.05) is 31.4 Å². The van der Waals surface area contributed by atoms with Crippen molar-refractivity contribution < 1.29 is 19.4 Å². The van der Waals surface area contributed by atoms with Crippen molar-refractivity contribution in [3.63, 3.8) is 0 Å². The maximum absolute atomic E-state index is 11.9. The molecule has 0 saturated carbocycles. The minimum atomic E-state index is -0.362. The zero-order chi connectivity index (χ0) is 16.2. The normalized spacial score (nSPS) is 10.2.